The molecule has 0 fully saturated rings. The minimum Gasteiger partial charge on any atom is -0.310 e. The topological polar surface area (TPSA) is 42.5 Å². The molecule has 0 saturated carbocycles. The first-order valence-corrected chi connectivity index (χ1v) is 5.05. The van der Waals surface area contributed by atoms with Crippen molar-refractivity contribution in [2.75, 3.05) is 0 Å². The molecule has 0 spiro atoms. The maximum Gasteiger partial charge on any atom is 1.00 e. The van der Waals surface area contributed by atoms with Crippen LogP contribution in [0, 0.1) is 5.51 Å². The van der Waals surface area contributed by atoms with Crippen molar-refractivity contribution in [3.63, 3.8) is 0 Å². The van der Waals surface area contributed by atoms with Crippen LogP contribution in [0.15, 0.2) is 6.20 Å². The quantitative estimate of drug-likeness (QED) is 0.463. The van der Waals surface area contributed by atoms with Crippen molar-refractivity contribution in [2.24, 2.45) is 0 Å². The standard InChI is InChI=1S/C6H6N4S2.Rb/c1-2-10-3-5(12-9-10)6-8-7-4-11-6;/h3H,2H2,1H3;/q;+1. The van der Waals surface area contributed by atoms with Crippen LogP contribution in [0.4, 0.5) is 0 Å². The zero-order chi connectivity index (χ0) is 8.39. The van der Waals surface area contributed by atoms with Crippen LogP contribution in [-0.4, -0.2) is 14.7 Å². The molecule has 0 amide bonds. The molecule has 0 aliphatic heterocycles. The maximum atomic E-state index is 4.17. The summed E-state index contributed by atoms with van der Waals surface area (Å²) in [6, 6.07) is 0. The third-order valence-electron chi connectivity index (χ3n) is 1.37. The van der Waals surface area contributed by atoms with E-state index < -0.39 is 0 Å². The maximum absolute atomic E-state index is 4.17. The minimum atomic E-state index is 0. The fourth-order valence-corrected chi connectivity index (χ4v) is 2.05. The van der Waals surface area contributed by atoms with E-state index in [0.717, 1.165) is 16.4 Å². The molecule has 62 valence electrons. The Morgan fingerprint density at radius 3 is 3.00 bits per heavy atom. The number of nitrogens with zero attached hydrogens (tertiary/aromatic N) is 4. The number of rotatable bonds is 2. The first-order valence-electron chi connectivity index (χ1n) is 3.46. The summed E-state index contributed by atoms with van der Waals surface area (Å²) in [7, 11) is 0. The fraction of sp³-hybridized carbons (Fsp3) is 0.333. The predicted molar refractivity (Wildman–Crippen MR) is 45.7 cm³/mol. The van der Waals surface area contributed by atoms with Crippen LogP contribution in [0.1, 0.15) is 6.92 Å². The Hall–Kier alpha value is 0.925. The number of aromatic nitrogens is 4. The second-order valence-electron chi connectivity index (χ2n) is 2.12. The zero-order valence-corrected chi connectivity index (χ0v) is 13.9. The molecule has 0 radical (unpaired) electrons. The van der Waals surface area contributed by atoms with Gasteiger partial charge in [0, 0.05) is 16.5 Å². The summed E-state index contributed by atoms with van der Waals surface area (Å²) in [6.45, 7) is 2.94. The van der Waals surface area contributed by atoms with Crippen molar-refractivity contribution in [3.05, 3.63) is 11.7 Å². The second-order valence-corrected chi connectivity index (χ2v) is 3.68. The Bertz CT molecular complexity index is 358. The Labute approximate surface area is 133 Å². The van der Waals surface area contributed by atoms with E-state index in [9.17, 15) is 0 Å². The predicted octanol–water partition coefficient (Wildman–Crippen LogP) is -2.23. The molecule has 0 aromatic carbocycles. The van der Waals surface area contributed by atoms with Gasteiger partial charge in [0.05, 0.1) is 9.37 Å². The average molecular weight is 284 g/mol. The van der Waals surface area contributed by atoms with Crippen LogP contribution in [0.2, 0.25) is 0 Å². The van der Waals surface area contributed by atoms with E-state index >= 15 is 0 Å². The Kier molecular flexibility index (Phi) is 5.28. The zero-order valence-electron chi connectivity index (χ0n) is 7.39. The van der Waals surface area contributed by atoms with Gasteiger partial charge in [-0.05, 0) is 6.92 Å². The molecule has 2 aromatic heterocycles. The third-order valence-corrected chi connectivity index (χ3v) is 2.95. The van der Waals surface area contributed by atoms with Gasteiger partial charge in [0.1, 0.15) is 0 Å². The van der Waals surface area contributed by atoms with E-state index in [1.807, 2.05) is 10.9 Å². The largest absolute Gasteiger partial charge is 1.00 e. The molecule has 7 heteroatoms. The van der Waals surface area contributed by atoms with Crippen LogP contribution < -0.4 is 62.9 Å². The van der Waals surface area contributed by atoms with Crippen LogP contribution >= 0.6 is 22.9 Å². The van der Waals surface area contributed by atoms with E-state index in [4.69, 9.17) is 0 Å². The van der Waals surface area contributed by atoms with Crippen molar-refractivity contribution in [2.45, 2.75) is 13.5 Å². The monoisotopic (exact) mass is 283 g/mol. The van der Waals surface area contributed by atoms with Gasteiger partial charge in [-0.2, -0.15) is 0 Å². The molecular formula is C6H6N4RbS2+. The number of hydrogen-bond donors (Lipinski definition) is 0. The average Bonchev–Trinajstić information content (AvgIpc) is 2.75. The van der Waals surface area contributed by atoms with Crippen LogP contribution in [-0.2, 0) is 6.54 Å². The second kappa shape index (κ2) is 5.72. The van der Waals surface area contributed by atoms with Gasteiger partial charge in [-0.3, -0.25) is 10.2 Å². The van der Waals surface area contributed by atoms with E-state index in [1.165, 1.54) is 22.9 Å². The molecule has 13 heavy (non-hydrogen) atoms. The summed E-state index contributed by atoms with van der Waals surface area (Å²) in [5.74, 6) is 0. The Morgan fingerprint density at radius 1 is 1.62 bits per heavy atom. The molecular weight excluding hydrogens is 278 g/mol. The molecule has 0 aliphatic carbocycles. The van der Waals surface area contributed by atoms with Crippen LogP contribution in [0.25, 0.3) is 9.88 Å². The van der Waals surface area contributed by atoms with Crippen LogP contribution in [0.5, 0.6) is 0 Å². The summed E-state index contributed by atoms with van der Waals surface area (Å²) >= 11 is 2.84. The Morgan fingerprint density at radius 2 is 2.46 bits per heavy atom. The van der Waals surface area contributed by atoms with Crippen molar-refractivity contribution >= 4 is 22.9 Å². The van der Waals surface area contributed by atoms with Gasteiger partial charge >= 0.3 is 58.2 Å². The molecule has 4 nitrogen and oxygen atoms in total. The van der Waals surface area contributed by atoms with E-state index in [1.54, 1.807) is 0 Å². The summed E-state index contributed by atoms with van der Waals surface area (Å²) in [4.78, 5) is 1.05. The number of aryl methyl sites for hydroxylation is 1. The third kappa shape index (κ3) is 2.94. The molecule has 0 atom stereocenters. The van der Waals surface area contributed by atoms with Gasteiger partial charge in [0.2, 0.25) is 6.20 Å². The minimum absolute atomic E-state index is 0. The molecule has 2 heterocycles. The van der Waals surface area contributed by atoms with Gasteiger partial charge in [-0.15, -0.1) is 0 Å². The molecule has 0 unspecified atom stereocenters. The van der Waals surface area contributed by atoms with E-state index in [2.05, 4.69) is 27.1 Å². The molecule has 0 aliphatic rings. The normalized spacial score (nSPS) is 9.62. The van der Waals surface area contributed by atoms with Crippen molar-refractivity contribution < 1.29 is 62.9 Å². The smallest absolute Gasteiger partial charge is 0.310 e. The SMILES string of the molecule is CC[n+]1cc(-c2nn[c-]s2)sn1.[Rb+]. The number of hydrogen-bond acceptors (Lipinski definition) is 5. The van der Waals surface area contributed by atoms with Crippen LogP contribution in [0.3, 0.4) is 0 Å². The van der Waals surface area contributed by atoms with Gasteiger partial charge in [-0.25, -0.2) is 0 Å². The van der Waals surface area contributed by atoms with Gasteiger partial charge < -0.3 is 11.3 Å². The van der Waals surface area contributed by atoms with E-state index in [-0.39, 0.29) is 58.2 Å². The summed E-state index contributed by atoms with van der Waals surface area (Å²) in [5, 5.41) is 8.44. The van der Waals surface area contributed by atoms with Gasteiger partial charge in [0.15, 0.2) is 6.54 Å². The van der Waals surface area contributed by atoms with E-state index in [0.29, 0.717) is 0 Å². The summed E-state index contributed by atoms with van der Waals surface area (Å²) in [5.41, 5.74) is 2.71. The van der Waals surface area contributed by atoms with Gasteiger partial charge in [0.25, 0.3) is 0 Å². The molecule has 2 aromatic rings. The van der Waals surface area contributed by atoms with Crippen molar-refractivity contribution in [1.29, 1.82) is 0 Å². The van der Waals surface area contributed by atoms with Gasteiger partial charge in [-0.1, -0.05) is 10.2 Å². The molecule has 0 bridgehead atoms. The summed E-state index contributed by atoms with van der Waals surface area (Å²) < 4.78 is 6.05. The first-order chi connectivity index (χ1) is 5.90. The van der Waals surface area contributed by atoms with Crippen molar-refractivity contribution in [1.82, 2.24) is 14.7 Å². The molecule has 0 saturated heterocycles. The molecule has 2 rings (SSSR count). The first kappa shape index (κ1) is 12.0. The molecule has 0 N–H and O–H groups in total. The summed E-state index contributed by atoms with van der Waals surface area (Å²) in [6.07, 6.45) is 1.97. The fourth-order valence-electron chi connectivity index (χ4n) is 0.772. The Balaban J connectivity index is 0.000000845. The van der Waals surface area contributed by atoms with Crippen molar-refractivity contribution in [3.8, 4) is 9.88 Å².